The summed E-state index contributed by atoms with van der Waals surface area (Å²) in [6.45, 7) is 6.89. The standard InChI is InChI=1S/C14H20N4O2S2/c1-9(2)17-22(19,20)11-4-5-18(6-11)14-13-12(15-8-16-14)10(3)7-21-13/h7-9,11,17H,4-6H2,1-3H3/t11-/m0/s1. The summed E-state index contributed by atoms with van der Waals surface area (Å²) in [5.74, 6) is 0.852. The zero-order valence-electron chi connectivity index (χ0n) is 12.9. The largest absolute Gasteiger partial charge is 0.354 e. The molecule has 0 aliphatic carbocycles. The maximum absolute atomic E-state index is 12.3. The van der Waals surface area contributed by atoms with E-state index in [0.29, 0.717) is 19.5 Å². The fourth-order valence-corrected chi connectivity index (χ4v) is 5.44. The predicted octanol–water partition coefficient (Wildman–Crippen LogP) is 1.91. The van der Waals surface area contributed by atoms with E-state index in [1.54, 1.807) is 17.7 Å². The van der Waals surface area contributed by atoms with Crippen LogP contribution >= 0.6 is 11.3 Å². The zero-order valence-corrected chi connectivity index (χ0v) is 14.5. The van der Waals surface area contributed by atoms with E-state index in [0.717, 1.165) is 21.6 Å². The molecule has 0 aromatic carbocycles. The first-order chi connectivity index (χ1) is 10.4. The van der Waals surface area contributed by atoms with Crippen LogP contribution in [0.2, 0.25) is 0 Å². The van der Waals surface area contributed by atoms with Gasteiger partial charge in [0.15, 0.2) is 0 Å². The second-order valence-corrected chi connectivity index (χ2v) is 8.84. The van der Waals surface area contributed by atoms with Gasteiger partial charge in [-0.3, -0.25) is 0 Å². The highest BCUT2D eigenvalue weighted by Gasteiger charge is 2.34. The third kappa shape index (κ3) is 2.82. The van der Waals surface area contributed by atoms with E-state index >= 15 is 0 Å². The van der Waals surface area contributed by atoms with Gasteiger partial charge in [-0.2, -0.15) is 0 Å². The maximum Gasteiger partial charge on any atom is 0.216 e. The molecule has 0 radical (unpaired) electrons. The van der Waals surface area contributed by atoms with Crippen LogP contribution in [0.3, 0.4) is 0 Å². The lowest BCUT2D eigenvalue weighted by Crippen LogP contribution is -2.39. The van der Waals surface area contributed by atoms with Crippen LogP contribution in [0.4, 0.5) is 5.82 Å². The highest BCUT2D eigenvalue weighted by atomic mass is 32.2. The van der Waals surface area contributed by atoms with Crippen molar-refractivity contribution in [2.24, 2.45) is 0 Å². The topological polar surface area (TPSA) is 75.2 Å². The lowest BCUT2D eigenvalue weighted by Gasteiger charge is -2.19. The van der Waals surface area contributed by atoms with Gasteiger partial charge in [0.05, 0.1) is 15.5 Å². The van der Waals surface area contributed by atoms with Crippen LogP contribution in [-0.2, 0) is 10.0 Å². The van der Waals surface area contributed by atoms with Crippen molar-refractivity contribution >= 4 is 37.4 Å². The van der Waals surface area contributed by atoms with Crippen molar-refractivity contribution in [3.05, 3.63) is 17.3 Å². The van der Waals surface area contributed by atoms with E-state index in [1.807, 2.05) is 20.8 Å². The van der Waals surface area contributed by atoms with E-state index in [9.17, 15) is 8.42 Å². The van der Waals surface area contributed by atoms with Crippen LogP contribution in [0.5, 0.6) is 0 Å². The first-order valence-electron chi connectivity index (χ1n) is 7.33. The molecule has 1 fully saturated rings. The second kappa shape index (κ2) is 5.75. The SMILES string of the molecule is Cc1csc2c(N3CC[C@H](S(=O)(=O)NC(C)C)C3)ncnc12. The molecule has 0 unspecified atom stereocenters. The van der Waals surface area contributed by atoms with Crippen molar-refractivity contribution in [3.8, 4) is 0 Å². The van der Waals surface area contributed by atoms with Gasteiger partial charge in [-0.05, 0) is 38.1 Å². The quantitative estimate of drug-likeness (QED) is 0.920. The molecule has 0 bridgehead atoms. The molecule has 1 atom stereocenters. The predicted molar refractivity (Wildman–Crippen MR) is 90.0 cm³/mol. The average molecular weight is 340 g/mol. The van der Waals surface area contributed by atoms with E-state index < -0.39 is 10.0 Å². The summed E-state index contributed by atoms with van der Waals surface area (Å²) in [5.41, 5.74) is 2.09. The first kappa shape index (κ1) is 15.6. The Morgan fingerprint density at radius 2 is 2.18 bits per heavy atom. The third-order valence-corrected chi connectivity index (χ3v) is 6.94. The number of thiophene rings is 1. The number of rotatable bonds is 4. The molecule has 1 aliphatic heterocycles. The van der Waals surface area contributed by atoms with Gasteiger partial charge < -0.3 is 4.90 Å². The summed E-state index contributed by atoms with van der Waals surface area (Å²) in [6, 6.07) is -0.0789. The van der Waals surface area contributed by atoms with Gasteiger partial charge in [0.1, 0.15) is 12.1 Å². The lowest BCUT2D eigenvalue weighted by atomic mass is 10.3. The highest BCUT2D eigenvalue weighted by molar-refractivity contribution is 7.90. The van der Waals surface area contributed by atoms with Crippen molar-refractivity contribution in [2.75, 3.05) is 18.0 Å². The normalized spacial score (nSPS) is 19.5. The van der Waals surface area contributed by atoms with Gasteiger partial charge in [-0.1, -0.05) is 0 Å². The molecule has 22 heavy (non-hydrogen) atoms. The van der Waals surface area contributed by atoms with Gasteiger partial charge in [-0.25, -0.2) is 23.1 Å². The zero-order chi connectivity index (χ0) is 15.9. The summed E-state index contributed by atoms with van der Waals surface area (Å²) >= 11 is 1.62. The number of hydrogen-bond acceptors (Lipinski definition) is 6. The second-order valence-electron chi connectivity index (χ2n) is 5.97. The molecule has 3 heterocycles. The molecule has 0 saturated carbocycles. The molecule has 1 N–H and O–H groups in total. The van der Waals surface area contributed by atoms with Gasteiger partial charge in [0.2, 0.25) is 10.0 Å². The monoisotopic (exact) mass is 340 g/mol. The van der Waals surface area contributed by atoms with E-state index in [-0.39, 0.29) is 11.3 Å². The molecular weight excluding hydrogens is 320 g/mol. The van der Waals surface area contributed by atoms with Crippen LogP contribution in [0.15, 0.2) is 11.7 Å². The summed E-state index contributed by atoms with van der Waals surface area (Å²) in [5, 5.41) is 1.67. The Labute approximate surface area is 134 Å². The Morgan fingerprint density at radius 1 is 1.41 bits per heavy atom. The Kier molecular flexibility index (Phi) is 4.09. The molecule has 2 aromatic rings. The summed E-state index contributed by atoms with van der Waals surface area (Å²) in [6.07, 6.45) is 2.18. The minimum absolute atomic E-state index is 0.0789. The van der Waals surface area contributed by atoms with E-state index in [2.05, 4.69) is 25.0 Å². The molecule has 8 heteroatoms. The minimum atomic E-state index is -3.28. The Bertz CT molecular complexity index is 785. The molecule has 2 aromatic heterocycles. The minimum Gasteiger partial charge on any atom is -0.354 e. The molecule has 120 valence electrons. The molecule has 1 saturated heterocycles. The molecule has 3 rings (SSSR count). The van der Waals surface area contributed by atoms with Crippen LogP contribution < -0.4 is 9.62 Å². The average Bonchev–Trinajstić information content (AvgIpc) is 3.05. The van der Waals surface area contributed by atoms with E-state index in [1.165, 1.54) is 0 Å². The lowest BCUT2D eigenvalue weighted by molar-refractivity contribution is 0.557. The van der Waals surface area contributed by atoms with Gasteiger partial charge >= 0.3 is 0 Å². The van der Waals surface area contributed by atoms with Crippen molar-refractivity contribution in [1.29, 1.82) is 0 Å². The van der Waals surface area contributed by atoms with Crippen LogP contribution in [0, 0.1) is 6.92 Å². The number of hydrogen-bond donors (Lipinski definition) is 1. The number of fused-ring (bicyclic) bond motifs is 1. The Hall–Kier alpha value is -1.25. The van der Waals surface area contributed by atoms with Crippen LogP contribution in [0.25, 0.3) is 10.2 Å². The van der Waals surface area contributed by atoms with E-state index in [4.69, 9.17) is 0 Å². The number of nitrogens with one attached hydrogen (secondary N) is 1. The number of anilines is 1. The fraction of sp³-hybridized carbons (Fsp3) is 0.571. The molecule has 0 spiro atoms. The van der Waals surface area contributed by atoms with Crippen molar-refractivity contribution in [3.63, 3.8) is 0 Å². The molecular formula is C14H20N4O2S2. The smallest absolute Gasteiger partial charge is 0.216 e. The molecule has 6 nitrogen and oxygen atoms in total. The third-order valence-electron chi connectivity index (χ3n) is 3.80. The van der Waals surface area contributed by atoms with Gasteiger partial charge in [-0.15, -0.1) is 11.3 Å². The number of sulfonamides is 1. The molecule has 0 amide bonds. The first-order valence-corrected chi connectivity index (χ1v) is 9.76. The summed E-state index contributed by atoms with van der Waals surface area (Å²) in [4.78, 5) is 10.8. The van der Waals surface area contributed by atoms with Crippen molar-refractivity contribution < 1.29 is 8.42 Å². The summed E-state index contributed by atoms with van der Waals surface area (Å²) < 4.78 is 28.4. The van der Waals surface area contributed by atoms with Crippen molar-refractivity contribution in [2.45, 2.75) is 38.5 Å². The fourth-order valence-electron chi connectivity index (χ4n) is 2.78. The Morgan fingerprint density at radius 3 is 2.91 bits per heavy atom. The van der Waals surface area contributed by atoms with Crippen molar-refractivity contribution in [1.82, 2.24) is 14.7 Å². The number of nitrogens with zero attached hydrogens (tertiary/aromatic N) is 3. The highest BCUT2D eigenvalue weighted by Crippen LogP contribution is 2.33. The van der Waals surface area contributed by atoms with Crippen LogP contribution in [0.1, 0.15) is 25.8 Å². The van der Waals surface area contributed by atoms with Gasteiger partial charge in [0.25, 0.3) is 0 Å². The van der Waals surface area contributed by atoms with Gasteiger partial charge in [0, 0.05) is 19.1 Å². The summed E-state index contributed by atoms with van der Waals surface area (Å²) in [7, 11) is -3.28. The Balaban J connectivity index is 1.86. The molecule has 1 aliphatic rings. The number of aromatic nitrogens is 2. The number of aryl methyl sites for hydroxylation is 1. The maximum atomic E-state index is 12.3. The van der Waals surface area contributed by atoms with Crippen LogP contribution in [-0.4, -0.2) is 42.8 Å².